The molecule has 8 nitrogen and oxygen atoms in total. The third-order valence-corrected chi connectivity index (χ3v) is 5.28. The van der Waals surface area contributed by atoms with Crippen molar-refractivity contribution in [1.29, 1.82) is 0 Å². The van der Waals surface area contributed by atoms with Gasteiger partial charge < -0.3 is 28.4 Å². The molecule has 0 aliphatic heterocycles. The van der Waals surface area contributed by atoms with Crippen LogP contribution in [0.1, 0.15) is 31.8 Å². The highest BCUT2D eigenvalue weighted by molar-refractivity contribution is 6.49. The van der Waals surface area contributed by atoms with E-state index in [2.05, 4.69) is 11.8 Å². The zero-order valence-electron chi connectivity index (χ0n) is 20.9. The molecule has 0 unspecified atom stereocenters. The van der Waals surface area contributed by atoms with Gasteiger partial charge in [0.1, 0.15) is 23.0 Å². The minimum atomic E-state index is -0.779. The van der Waals surface area contributed by atoms with E-state index < -0.39 is 11.6 Å². The minimum Gasteiger partial charge on any atom is -0.497 e. The van der Waals surface area contributed by atoms with Crippen LogP contribution in [0, 0.1) is 11.8 Å². The van der Waals surface area contributed by atoms with E-state index in [1.54, 1.807) is 30.3 Å². The van der Waals surface area contributed by atoms with Gasteiger partial charge in [-0.1, -0.05) is 11.8 Å². The smallest absolute Gasteiger partial charge is 0.234 e. The first-order chi connectivity index (χ1) is 17.4. The van der Waals surface area contributed by atoms with Crippen LogP contribution in [0.4, 0.5) is 0 Å². The normalized spacial score (nSPS) is 9.94. The third-order valence-electron chi connectivity index (χ3n) is 5.28. The number of rotatable bonds is 9. The average molecular weight is 491 g/mol. The lowest BCUT2D eigenvalue weighted by atomic mass is 9.96. The van der Waals surface area contributed by atoms with Crippen molar-refractivity contribution in [2.45, 2.75) is 0 Å². The molecular formula is C28H26O8. The van der Waals surface area contributed by atoms with Crippen LogP contribution in [0.15, 0.2) is 48.5 Å². The zero-order chi connectivity index (χ0) is 26.2. The van der Waals surface area contributed by atoms with Crippen molar-refractivity contribution in [2.75, 3.05) is 42.7 Å². The van der Waals surface area contributed by atoms with Crippen LogP contribution in [0.5, 0.6) is 34.5 Å². The number of hydrogen-bond donors (Lipinski definition) is 0. The van der Waals surface area contributed by atoms with Gasteiger partial charge in [-0.15, -0.1) is 0 Å². The standard InChI is InChI=1S/C28H26O8/c1-31-20-9-17(10-21(14-20)32-2)7-8-18-13-25(35-5)26(36-6)16-24(18)28(30)27(29)19-11-22(33-3)15-23(12-19)34-4/h9-16H,1-6H3. The summed E-state index contributed by atoms with van der Waals surface area (Å²) in [6.07, 6.45) is 0. The van der Waals surface area contributed by atoms with Crippen LogP contribution in [0.2, 0.25) is 0 Å². The first kappa shape index (κ1) is 26.0. The number of benzene rings is 3. The number of carbonyl (C=O) groups is 2. The molecule has 3 aromatic rings. The molecular weight excluding hydrogens is 464 g/mol. The Hall–Kier alpha value is -4.64. The molecule has 36 heavy (non-hydrogen) atoms. The second-order valence-electron chi connectivity index (χ2n) is 7.36. The SMILES string of the molecule is COc1cc(C#Cc2cc(OC)c(OC)cc2C(=O)C(=O)c2cc(OC)cc(OC)c2)cc(OC)c1. The van der Waals surface area contributed by atoms with Gasteiger partial charge in [0.2, 0.25) is 11.6 Å². The molecule has 0 amide bonds. The Kier molecular flexibility index (Phi) is 8.42. The van der Waals surface area contributed by atoms with E-state index in [4.69, 9.17) is 28.4 Å². The molecule has 3 aromatic carbocycles. The van der Waals surface area contributed by atoms with E-state index in [-0.39, 0.29) is 22.4 Å². The Morgan fingerprint density at radius 2 is 1.00 bits per heavy atom. The second kappa shape index (κ2) is 11.7. The summed E-state index contributed by atoms with van der Waals surface area (Å²) < 4.78 is 31.8. The maximum Gasteiger partial charge on any atom is 0.234 e. The number of methoxy groups -OCH3 is 6. The molecule has 0 N–H and O–H groups in total. The molecule has 0 atom stereocenters. The Morgan fingerprint density at radius 3 is 1.47 bits per heavy atom. The summed E-state index contributed by atoms with van der Waals surface area (Å²) in [4.78, 5) is 26.6. The predicted molar refractivity (Wildman–Crippen MR) is 133 cm³/mol. The van der Waals surface area contributed by atoms with E-state index in [1.165, 1.54) is 60.9 Å². The van der Waals surface area contributed by atoms with E-state index >= 15 is 0 Å². The molecule has 186 valence electrons. The van der Waals surface area contributed by atoms with Gasteiger partial charge in [0.05, 0.1) is 42.7 Å². The average Bonchev–Trinajstić information content (AvgIpc) is 2.93. The molecule has 0 bridgehead atoms. The summed E-state index contributed by atoms with van der Waals surface area (Å²) in [7, 11) is 8.90. The fourth-order valence-corrected chi connectivity index (χ4v) is 3.38. The van der Waals surface area contributed by atoms with Crippen molar-refractivity contribution in [2.24, 2.45) is 0 Å². The lowest BCUT2D eigenvalue weighted by Crippen LogP contribution is -2.16. The molecule has 0 radical (unpaired) electrons. The van der Waals surface area contributed by atoms with Crippen molar-refractivity contribution in [3.05, 3.63) is 70.8 Å². The fourth-order valence-electron chi connectivity index (χ4n) is 3.38. The Morgan fingerprint density at radius 1 is 0.528 bits per heavy atom. The molecule has 0 heterocycles. The summed E-state index contributed by atoms with van der Waals surface area (Å²) in [5.74, 6) is 6.95. The van der Waals surface area contributed by atoms with Crippen LogP contribution in [-0.4, -0.2) is 54.2 Å². The van der Waals surface area contributed by atoms with Crippen molar-refractivity contribution in [3.8, 4) is 46.3 Å². The van der Waals surface area contributed by atoms with Gasteiger partial charge in [-0.05, 0) is 30.3 Å². The third kappa shape index (κ3) is 5.70. The molecule has 8 heteroatoms. The van der Waals surface area contributed by atoms with Crippen molar-refractivity contribution >= 4 is 11.6 Å². The van der Waals surface area contributed by atoms with Crippen LogP contribution >= 0.6 is 0 Å². The summed E-state index contributed by atoms with van der Waals surface area (Å²) in [6.45, 7) is 0. The summed E-state index contributed by atoms with van der Waals surface area (Å²) >= 11 is 0. The summed E-state index contributed by atoms with van der Waals surface area (Å²) in [6, 6.07) is 12.7. The molecule has 0 aromatic heterocycles. The van der Waals surface area contributed by atoms with Gasteiger partial charge in [-0.2, -0.15) is 0 Å². The van der Waals surface area contributed by atoms with Crippen molar-refractivity contribution in [3.63, 3.8) is 0 Å². The quantitative estimate of drug-likeness (QED) is 0.250. The predicted octanol–water partition coefficient (Wildman–Crippen LogP) is 4.20. The van der Waals surface area contributed by atoms with Crippen molar-refractivity contribution in [1.82, 2.24) is 0 Å². The highest BCUT2D eigenvalue weighted by Crippen LogP contribution is 2.32. The van der Waals surface area contributed by atoms with Crippen LogP contribution in [-0.2, 0) is 0 Å². The van der Waals surface area contributed by atoms with Gasteiger partial charge in [-0.25, -0.2) is 0 Å². The number of ketones is 2. The minimum absolute atomic E-state index is 0.0572. The Labute approximate surface area is 209 Å². The first-order valence-electron chi connectivity index (χ1n) is 10.7. The summed E-state index contributed by atoms with van der Waals surface area (Å²) in [5, 5.41) is 0. The largest absolute Gasteiger partial charge is 0.497 e. The van der Waals surface area contributed by atoms with E-state index in [9.17, 15) is 9.59 Å². The van der Waals surface area contributed by atoms with Crippen LogP contribution < -0.4 is 28.4 Å². The van der Waals surface area contributed by atoms with Gasteiger partial charge >= 0.3 is 0 Å². The first-order valence-corrected chi connectivity index (χ1v) is 10.7. The fraction of sp³-hybridized carbons (Fsp3) is 0.214. The van der Waals surface area contributed by atoms with Gasteiger partial charge in [-0.3, -0.25) is 9.59 Å². The second-order valence-corrected chi connectivity index (χ2v) is 7.36. The number of ether oxygens (including phenoxy) is 6. The lowest BCUT2D eigenvalue weighted by molar-refractivity contribution is 0.0816. The molecule has 0 spiro atoms. The highest BCUT2D eigenvalue weighted by atomic mass is 16.5. The maximum atomic E-state index is 13.4. The van der Waals surface area contributed by atoms with Gasteiger partial charge in [0, 0.05) is 40.5 Å². The van der Waals surface area contributed by atoms with E-state index in [0.717, 1.165) is 0 Å². The zero-order valence-corrected chi connectivity index (χ0v) is 20.9. The van der Waals surface area contributed by atoms with Gasteiger partial charge in [0.25, 0.3) is 0 Å². The van der Waals surface area contributed by atoms with Gasteiger partial charge in [0.15, 0.2) is 11.5 Å². The highest BCUT2D eigenvalue weighted by Gasteiger charge is 2.24. The number of hydrogen-bond acceptors (Lipinski definition) is 8. The molecule has 0 aliphatic carbocycles. The Bertz CT molecular complexity index is 1300. The number of carbonyl (C=O) groups excluding carboxylic acids is 2. The molecule has 0 fully saturated rings. The number of Topliss-reactive ketones (excluding diaryl/α,β-unsaturated/α-hetero) is 2. The molecule has 0 aliphatic rings. The lowest BCUT2D eigenvalue weighted by Gasteiger charge is -2.12. The molecule has 3 rings (SSSR count). The monoisotopic (exact) mass is 490 g/mol. The Balaban J connectivity index is 2.13. The van der Waals surface area contributed by atoms with E-state index in [0.29, 0.717) is 34.3 Å². The molecule has 0 saturated heterocycles. The maximum absolute atomic E-state index is 13.4. The topological polar surface area (TPSA) is 89.5 Å². The van der Waals surface area contributed by atoms with Crippen LogP contribution in [0.3, 0.4) is 0 Å². The summed E-state index contributed by atoms with van der Waals surface area (Å²) in [5.41, 5.74) is 1.04. The van der Waals surface area contributed by atoms with Crippen molar-refractivity contribution < 1.29 is 38.0 Å². The van der Waals surface area contributed by atoms with E-state index in [1.807, 2.05) is 0 Å². The molecule has 0 saturated carbocycles. The van der Waals surface area contributed by atoms with Crippen LogP contribution in [0.25, 0.3) is 0 Å².